The average molecular weight is 307 g/mol. The van der Waals surface area contributed by atoms with Crippen LogP contribution in [-0.2, 0) is 24.2 Å². The normalized spacial score (nSPS) is 22.4. The van der Waals surface area contributed by atoms with Crippen molar-refractivity contribution in [2.24, 2.45) is 5.92 Å². The molecular formula is C14H13NO5S. The molecule has 0 radical (unpaired) electrons. The van der Waals surface area contributed by atoms with E-state index in [9.17, 15) is 18.0 Å². The number of esters is 1. The minimum absolute atomic E-state index is 0.0781. The second-order valence-corrected chi connectivity index (χ2v) is 6.80. The third-order valence-electron chi connectivity index (χ3n) is 3.70. The molecule has 0 aliphatic carbocycles. The number of nitrogens with zero attached hydrogens (tertiary/aromatic N) is 1. The van der Waals surface area contributed by atoms with Gasteiger partial charge in [0.15, 0.2) is 0 Å². The van der Waals surface area contributed by atoms with E-state index >= 15 is 0 Å². The van der Waals surface area contributed by atoms with Crippen LogP contribution in [-0.4, -0.2) is 33.9 Å². The van der Waals surface area contributed by atoms with Crippen molar-refractivity contribution in [3.05, 3.63) is 29.2 Å². The first-order valence-electron chi connectivity index (χ1n) is 6.38. The summed E-state index contributed by atoms with van der Waals surface area (Å²) in [5, 5.41) is 1.14. The Morgan fingerprint density at radius 3 is 2.86 bits per heavy atom. The van der Waals surface area contributed by atoms with Gasteiger partial charge in [-0.15, -0.1) is 0 Å². The zero-order valence-corrected chi connectivity index (χ0v) is 12.1. The first-order chi connectivity index (χ1) is 9.92. The predicted molar refractivity (Wildman–Crippen MR) is 75.1 cm³/mol. The highest BCUT2D eigenvalue weighted by Gasteiger charge is 2.36. The third kappa shape index (κ3) is 2.23. The van der Waals surface area contributed by atoms with E-state index < -0.39 is 21.7 Å². The maximum atomic E-state index is 12.0. The molecule has 21 heavy (non-hydrogen) atoms. The minimum Gasteiger partial charge on any atom is -0.469 e. The number of sulfone groups is 1. The molecule has 0 bridgehead atoms. The van der Waals surface area contributed by atoms with Crippen LogP contribution in [0.3, 0.4) is 0 Å². The van der Waals surface area contributed by atoms with Crippen molar-refractivity contribution in [1.29, 1.82) is 0 Å². The van der Waals surface area contributed by atoms with Crippen molar-refractivity contribution in [2.75, 3.05) is 18.6 Å². The summed E-state index contributed by atoms with van der Waals surface area (Å²) in [5.74, 6) is -1.15. The van der Waals surface area contributed by atoms with E-state index in [0.717, 1.165) is 5.41 Å². The third-order valence-corrected chi connectivity index (χ3v) is 5.16. The summed E-state index contributed by atoms with van der Waals surface area (Å²) in [5.41, 5.74) is 1.09. The van der Waals surface area contributed by atoms with Gasteiger partial charge in [-0.1, -0.05) is 6.07 Å². The number of anilines is 1. The van der Waals surface area contributed by atoms with E-state index in [4.69, 9.17) is 0 Å². The lowest BCUT2D eigenvalue weighted by Crippen LogP contribution is -2.26. The van der Waals surface area contributed by atoms with Gasteiger partial charge >= 0.3 is 5.97 Å². The second kappa shape index (κ2) is 4.70. The van der Waals surface area contributed by atoms with Gasteiger partial charge in [0.1, 0.15) is 0 Å². The SMILES string of the molecule is COC(=O)C1CC(=O)N(c2ccc3c(c2)S(=O)(=O)C=C3)C1. The monoisotopic (exact) mass is 307 g/mol. The Bertz CT molecular complexity index is 766. The average Bonchev–Trinajstić information content (AvgIpc) is 2.99. The summed E-state index contributed by atoms with van der Waals surface area (Å²) in [6, 6.07) is 4.81. The number of carbonyl (C=O) groups excluding carboxylic acids is 2. The van der Waals surface area contributed by atoms with Gasteiger partial charge in [-0.25, -0.2) is 8.42 Å². The van der Waals surface area contributed by atoms with Crippen molar-refractivity contribution in [1.82, 2.24) is 0 Å². The van der Waals surface area contributed by atoms with E-state index in [1.807, 2.05) is 0 Å². The first-order valence-corrected chi connectivity index (χ1v) is 7.92. The smallest absolute Gasteiger partial charge is 0.311 e. The predicted octanol–water partition coefficient (Wildman–Crippen LogP) is 0.971. The second-order valence-electron chi connectivity index (χ2n) is 5.00. The van der Waals surface area contributed by atoms with E-state index in [1.165, 1.54) is 24.2 Å². The molecule has 1 aromatic rings. The van der Waals surface area contributed by atoms with Crippen molar-refractivity contribution >= 4 is 33.5 Å². The lowest BCUT2D eigenvalue weighted by molar-refractivity contribution is -0.145. The fraction of sp³-hybridized carbons (Fsp3) is 0.286. The molecule has 1 unspecified atom stereocenters. The highest BCUT2D eigenvalue weighted by atomic mass is 32.2. The number of benzene rings is 1. The number of fused-ring (bicyclic) bond motifs is 1. The number of methoxy groups -OCH3 is 1. The largest absolute Gasteiger partial charge is 0.469 e. The van der Waals surface area contributed by atoms with E-state index in [1.54, 1.807) is 12.1 Å². The summed E-state index contributed by atoms with van der Waals surface area (Å²) in [4.78, 5) is 25.2. The zero-order chi connectivity index (χ0) is 15.2. The Kier molecular flexibility index (Phi) is 3.09. The first kappa shape index (κ1) is 13.8. The van der Waals surface area contributed by atoms with E-state index in [0.29, 0.717) is 11.3 Å². The summed E-state index contributed by atoms with van der Waals surface area (Å²) in [7, 11) is -2.14. The van der Waals surface area contributed by atoms with Gasteiger partial charge in [0.05, 0.1) is 17.9 Å². The van der Waals surface area contributed by atoms with Gasteiger partial charge in [-0.05, 0) is 23.8 Å². The molecule has 2 aliphatic rings. The molecule has 110 valence electrons. The highest BCUT2D eigenvalue weighted by Crippen LogP contribution is 2.33. The van der Waals surface area contributed by atoms with Crippen LogP contribution < -0.4 is 4.90 Å². The molecule has 1 saturated heterocycles. The molecule has 2 heterocycles. The molecule has 6 nitrogen and oxygen atoms in total. The Balaban J connectivity index is 1.93. The van der Waals surface area contributed by atoms with Crippen molar-refractivity contribution in [3.8, 4) is 0 Å². The maximum absolute atomic E-state index is 12.0. The molecule has 1 amide bonds. The Morgan fingerprint density at radius 1 is 1.38 bits per heavy atom. The zero-order valence-electron chi connectivity index (χ0n) is 11.3. The van der Waals surface area contributed by atoms with Gasteiger partial charge in [-0.2, -0.15) is 0 Å². The van der Waals surface area contributed by atoms with Crippen molar-refractivity contribution in [3.63, 3.8) is 0 Å². The van der Waals surface area contributed by atoms with Crippen LogP contribution in [0.15, 0.2) is 28.5 Å². The molecule has 1 fully saturated rings. The molecule has 0 spiro atoms. The fourth-order valence-corrected chi connectivity index (χ4v) is 3.81. The van der Waals surface area contributed by atoms with Crippen LogP contribution in [0.5, 0.6) is 0 Å². The molecular weight excluding hydrogens is 294 g/mol. The summed E-state index contributed by atoms with van der Waals surface area (Å²) in [6.45, 7) is 0.206. The number of rotatable bonds is 2. The van der Waals surface area contributed by atoms with Gasteiger partial charge in [0.25, 0.3) is 0 Å². The lowest BCUT2D eigenvalue weighted by Gasteiger charge is -2.17. The highest BCUT2D eigenvalue weighted by molar-refractivity contribution is 7.94. The lowest BCUT2D eigenvalue weighted by atomic mass is 10.1. The standard InChI is InChI=1S/C14H13NO5S/c1-20-14(17)10-6-13(16)15(8-10)11-3-2-9-4-5-21(18,19)12(9)7-11/h2-5,7,10H,6,8H2,1H3. The molecule has 1 atom stereocenters. The molecule has 7 heteroatoms. The van der Waals surface area contributed by atoms with Crippen LogP contribution in [0.1, 0.15) is 12.0 Å². The number of ether oxygens (including phenoxy) is 1. The van der Waals surface area contributed by atoms with Crippen molar-refractivity contribution < 1.29 is 22.7 Å². The van der Waals surface area contributed by atoms with Gasteiger partial charge in [-0.3, -0.25) is 9.59 Å². The Labute approximate surface area is 121 Å². The Morgan fingerprint density at radius 2 is 2.14 bits per heavy atom. The minimum atomic E-state index is -3.42. The summed E-state index contributed by atoms with van der Waals surface area (Å²) in [6.07, 6.45) is 1.60. The number of amides is 1. The van der Waals surface area contributed by atoms with Crippen LogP contribution in [0.25, 0.3) is 6.08 Å². The molecule has 3 rings (SSSR count). The fourth-order valence-electron chi connectivity index (χ4n) is 2.59. The number of carbonyl (C=O) groups is 2. The molecule has 0 aromatic heterocycles. The van der Waals surface area contributed by atoms with Gasteiger partial charge in [0, 0.05) is 24.1 Å². The molecule has 0 N–H and O–H groups in total. The molecule has 0 saturated carbocycles. The van der Waals surface area contributed by atoms with Crippen LogP contribution in [0, 0.1) is 5.92 Å². The summed E-state index contributed by atoms with van der Waals surface area (Å²) < 4.78 is 28.4. The number of hydrogen-bond donors (Lipinski definition) is 0. The van der Waals surface area contributed by atoms with Gasteiger partial charge < -0.3 is 9.64 Å². The quantitative estimate of drug-likeness (QED) is 0.761. The van der Waals surface area contributed by atoms with E-state index in [2.05, 4.69) is 4.74 Å². The van der Waals surface area contributed by atoms with Crippen LogP contribution >= 0.6 is 0 Å². The molecule has 2 aliphatic heterocycles. The topological polar surface area (TPSA) is 80.8 Å². The van der Waals surface area contributed by atoms with Crippen LogP contribution in [0.2, 0.25) is 0 Å². The van der Waals surface area contributed by atoms with Gasteiger partial charge in [0.2, 0.25) is 15.7 Å². The summed E-state index contributed by atoms with van der Waals surface area (Å²) >= 11 is 0. The van der Waals surface area contributed by atoms with Crippen molar-refractivity contribution in [2.45, 2.75) is 11.3 Å². The maximum Gasteiger partial charge on any atom is 0.311 e. The molecule has 1 aromatic carbocycles. The number of hydrogen-bond acceptors (Lipinski definition) is 5. The van der Waals surface area contributed by atoms with E-state index in [-0.39, 0.29) is 23.8 Å². The van der Waals surface area contributed by atoms with Crippen LogP contribution in [0.4, 0.5) is 5.69 Å². The Hall–Kier alpha value is -2.15.